The summed E-state index contributed by atoms with van der Waals surface area (Å²) >= 11 is 12.4. The van der Waals surface area contributed by atoms with Gasteiger partial charge in [-0.2, -0.15) is 0 Å². The molecule has 0 unspecified atom stereocenters. The topological polar surface area (TPSA) is 109 Å². The molecule has 3 rings (SSSR count). The molecule has 0 saturated heterocycles. The van der Waals surface area contributed by atoms with E-state index in [-0.39, 0.29) is 40.6 Å². The lowest BCUT2D eigenvalue weighted by atomic mass is 10.2. The summed E-state index contributed by atoms with van der Waals surface area (Å²) in [4.78, 5) is 47.6. The van der Waals surface area contributed by atoms with Crippen molar-refractivity contribution in [1.29, 1.82) is 0 Å². The van der Waals surface area contributed by atoms with Gasteiger partial charge in [-0.15, -0.1) is 0 Å². The summed E-state index contributed by atoms with van der Waals surface area (Å²) in [5.41, 5.74) is 0.684. The maximum atomic E-state index is 13.6. The van der Waals surface area contributed by atoms with Crippen LogP contribution >= 0.6 is 23.2 Å². The largest absolute Gasteiger partial charge is 0.465 e. The van der Waals surface area contributed by atoms with E-state index >= 15 is 0 Å². The number of benzene rings is 1. The first-order chi connectivity index (χ1) is 18.3. The molecule has 3 aromatic rings. The molecule has 0 N–H and O–H groups in total. The van der Waals surface area contributed by atoms with Gasteiger partial charge in [0.1, 0.15) is 28.7 Å². The Kier molecular flexibility index (Phi) is 9.76. The number of halogens is 2. The van der Waals surface area contributed by atoms with Crippen molar-refractivity contribution in [3.63, 3.8) is 0 Å². The van der Waals surface area contributed by atoms with E-state index in [9.17, 15) is 14.4 Å². The average Bonchev–Trinajstić information content (AvgIpc) is 3.21. The predicted molar refractivity (Wildman–Crippen MR) is 154 cm³/mol. The highest BCUT2D eigenvalue weighted by Gasteiger charge is 2.37. The maximum Gasteiger partial charge on any atom is 0.333 e. The molecular weight excluding hydrogens is 561 g/mol. The first kappa shape index (κ1) is 30.5. The number of aromatic nitrogens is 4. The second-order valence-electron chi connectivity index (χ2n) is 10.3. The lowest BCUT2D eigenvalue weighted by molar-refractivity contribution is -0.143. The van der Waals surface area contributed by atoms with E-state index in [1.54, 1.807) is 37.4 Å². The lowest BCUT2D eigenvalue weighted by Crippen LogP contribution is -2.43. The third-order valence-electron chi connectivity index (χ3n) is 6.69. The molecule has 0 spiro atoms. The predicted octanol–water partition coefficient (Wildman–Crippen LogP) is 4.97. The SMILES string of the molecule is CCOC(=O)Cn1ccn(-c2ccc(N(CCO[Si](C)(C)C(C)(C)C)C(=O)c3c(Cl)ncnc3Cl)cc2)c1=O. The molecule has 0 aliphatic heterocycles. The number of hydrogen-bond acceptors (Lipinski definition) is 7. The van der Waals surface area contributed by atoms with Crippen LogP contribution in [-0.4, -0.2) is 59.1 Å². The standard InChI is InChI=1S/C26H33Cl2N5O5Si/c1-7-37-20(34)16-31-12-13-33(25(31)36)19-10-8-18(9-11-19)32(14-15-38-39(5,6)26(2,3)4)24(35)21-22(27)29-17-30-23(21)28/h8-13,17H,7,14-16H2,1-6H3. The molecule has 0 aliphatic rings. The summed E-state index contributed by atoms with van der Waals surface area (Å²) in [6.07, 6.45) is 4.26. The van der Waals surface area contributed by atoms with Crippen molar-refractivity contribution >= 4 is 49.1 Å². The molecular formula is C26H33Cl2N5O5Si. The van der Waals surface area contributed by atoms with Crippen LogP contribution in [0.25, 0.3) is 5.69 Å². The highest BCUT2D eigenvalue weighted by atomic mass is 35.5. The molecule has 0 atom stereocenters. The molecule has 10 nitrogen and oxygen atoms in total. The van der Waals surface area contributed by atoms with Crippen LogP contribution < -0.4 is 10.6 Å². The van der Waals surface area contributed by atoms with E-state index in [1.165, 1.54) is 26.6 Å². The number of esters is 1. The fourth-order valence-electron chi connectivity index (χ4n) is 3.48. The number of rotatable bonds is 10. The third kappa shape index (κ3) is 7.16. The molecule has 210 valence electrons. The molecule has 0 saturated carbocycles. The molecule has 13 heteroatoms. The van der Waals surface area contributed by atoms with Gasteiger partial charge in [-0.1, -0.05) is 44.0 Å². The Bertz CT molecular complexity index is 1360. The fourth-order valence-corrected chi connectivity index (χ4v) is 4.99. The minimum absolute atomic E-state index is 0.000315. The maximum absolute atomic E-state index is 13.6. The Hall–Kier alpha value is -2.99. The number of ether oxygens (including phenoxy) is 1. The second-order valence-corrected chi connectivity index (χ2v) is 15.8. The van der Waals surface area contributed by atoms with Crippen LogP contribution in [0, 0.1) is 0 Å². The Morgan fingerprint density at radius 2 is 1.67 bits per heavy atom. The zero-order chi connectivity index (χ0) is 29.0. The van der Waals surface area contributed by atoms with E-state index in [1.807, 2.05) is 0 Å². The van der Waals surface area contributed by atoms with Crippen LogP contribution in [-0.2, 0) is 20.5 Å². The number of carbonyl (C=O) groups is 2. The van der Waals surface area contributed by atoms with Crippen molar-refractivity contribution in [2.24, 2.45) is 0 Å². The zero-order valence-corrected chi connectivity index (χ0v) is 25.4. The number of amides is 1. The van der Waals surface area contributed by atoms with Crippen LogP contribution in [0.15, 0.2) is 47.8 Å². The van der Waals surface area contributed by atoms with Gasteiger partial charge in [0.25, 0.3) is 5.91 Å². The smallest absolute Gasteiger partial charge is 0.333 e. The van der Waals surface area contributed by atoms with E-state index in [0.29, 0.717) is 18.0 Å². The molecule has 1 amide bonds. The Balaban J connectivity index is 1.91. The van der Waals surface area contributed by atoms with Crippen molar-refractivity contribution in [3.05, 3.63) is 69.3 Å². The van der Waals surface area contributed by atoms with Crippen molar-refractivity contribution in [1.82, 2.24) is 19.1 Å². The molecule has 0 radical (unpaired) electrons. The van der Waals surface area contributed by atoms with Crippen molar-refractivity contribution < 1.29 is 18.8 Å². The Morgan fingerprint density at radius 1 is 1.05 bits per heavy atom. The van der Waals surface area contributed by atoms with Gasteiger partial charge in [0, 0.05) is 24.6 Å². The molecule has 39 heavy (non-hydrogen) atoms. The summed E-state index contributed by atoms with van der Waals surface area (Å²) in [6, 6.07) is 6.82. The molecule has 2 aromatic heterocycles. The molecule has 2 heterocycles. The number of imidazole rings is 1. The summed E-state index contributed by atoms with van der Waals surface area (Å²) in [5, 5.41) is -0.108. The minimum Gasteiger partial charge on any atom is -0.465 e. The van der Waals surface area contributed by atoms with Crippen LogP contribution in [0.4, 0.5) is 5.69 Å². The summed E-state index contributed by atoms with van der Waals surface area (Å²) in [5.74, 6) is -0.973. The number of carbonyl (C=O) groups excluding carboxylic acids is 2. The van der Waals surface area contributed by atoms with Crippen molar-refractivity contribution in [2.45, 2.75) is 52.4 Å². The first-order valence-electron chi connectivity index (χ1n) is 12.4. The summed E-state index contributed by atoms with van der Waals surface area (Å²) in [7, 11) is -2.07. The van der Waals surface area contributed by atoms with Gasteiger partial charge < -0.3 is 14.1 Å². The summed E-state index contributed by atoms with van der Waals surface area (Å²) < 4.78 is 13.9. The third-order valence-corrected chi connectivity index (χ3v) is 11.8. The van der Waals surface area contributed by atoms with E-state index < -0.39 is 25.9 Å². The highest BCUT2D eigenvalue weighted by Crippen LogP contribution is 2.36. The second kappa shape index (κ2) is 12.5. The van der Waals surface area contributed by atoms with Crippen LogP contribution in [0.2, 0.25) is 28.4 Å². The highest BCUT2D eigenvalue weighted by molar-refractivity contribution is 6.74. The van der Waals surface area contributed by atoms with E-state index in [2.05, 4.69) is 43.8 Å². The van der Waals surface area contributed by atoms with Crippen molar-refractivity contribution in [2.75, 3.05) is 24.7 Å². The number of nitrogens with zero attached hydrogens (tertiary/aromatic N) is 5. The van der Waals surface area contributed by atoms with Crippen molar-refractivity contribution in [3.8, 4) is 5.69 Å². The van der Waals surface area contributed by atoms with Crippen LogP contribution in [0.3, 0.4) is 0 Å². The van der Waals surface area contributed by atoms with Gasteiger partial charge in [0.2, 0.25) is 0 Å². The average molecular weight is 595 g/mol. The fraction of sp³-hybridized carbons (Fsp3) is 0.423. The number of anilines is 1. The molecule has 0 fully saturated rings. The Morgan fingerprint density at radius 3 is 2.23 bits per heavy atom. The Labute approximate surface area is 238 Å². The molecule has 0 bridgehead atoms. The van der Waals surface area contributed by atoms with Gasteiger partial charge in [-0.25, -0.2) is 14.8 Å². The number of hydrogen-bond donors (Lipinski definition) is 0. The van der Waals surface area contributed by atoms with Crippen LogP contribution in [0.5, 0.6) is 0 Å². The quantitative estimate of drug-likeness (QED) is 0.185. The van der Waals surface area contributed by atoms with Gasteiger partial charge in [-0.3, -0.25) is 18.7 Å². The molecule has 1 aromatic carbocycles. The van der Waals surface area contributed by atoms with Crippen LogP contribution in [0.1, 0.15) is 38.1 Å². The van der Waals surface area contributed by atoms with Gasteiger partial charge in [0.05, 0.1) is 18.9 Å². The van der Waals surface area contributed by atoms with Gasteiger partial charge >= 0.3 is 11.7 Å². The summed E-state index contributed by atoms with van der Waals surface area (Å²) in [6.45, 7) is 13.0. The minimum atomic E-state index is -2.07. The van der Waals surface area contributed by atoms with E-state index in [4.69, 9.17) is 32.4 Å². The van der Waals surface area contributed by atoms with Gasteiger partial charge in [0.15, 0.2) is 8.32 Å². The van der Waals surface area contributed by atoms with Gasteiger partial charge in [-0.05, 0) is 49.3 Å². The monoisotopic (exact) mass is 593 g/mol. The first-order valence-corrected chi connectivity index (χ1v) is 16.1. The van der Waals surface area contributed by atoms with E-state index in [0.717, 1.165) is 0 Å². The zero-order valence-electron chi connectivity index (χ0n) is 22.9. The molecule has 0 aliphatic carbocycles. The normalized spacial score (nSPS) is 11.9. The lowest BCUT2D eigenvalue weighted by Gasteiger charge is -2.37.